The van der Waals surface area contributed by atoms with Gasteiger partial charge in [0.2, 0.25) is 0 Å². The topological polar surface area (TPSA) is 23.5 Å². The Morgan fingerprint density at radius 3 is 2.27 bits per heavy atom. The van der Waals surface area contributed by atoms with Crippen molar-refractivity contribution in [3.05, 3.63) is 29.8 Å². The monoisotopic (exact) mass is 205 g/mol. The lowest BCUT2D eigenvalue weighted by Gasteiger charge is -2.38. The molecule has 82 valence electrons. The van der Waals surface area contributed by atoms with Crippen LogP contribution < -0.4 is 0 Å². The van der Waals surface area contributed by atoms with Gasteiger partial charge in [-0.3, -0.25) is 0 Å². The van der Waals surface area contributed by atoms with E-state index in [9.17, 15) is 5.11 Å². The molecule has 1 aliphatic rings. The highest BCUT2D eigenvalue weighted by Gasteiger charge is 2.26. The predicted octanol–water partition coefficient (Wildman–Crippen LogP) is 2.38. The second kappa shape index (κ2) is 3.86. The number of hydrogen-bond donors (Lipinski definition) is 1. The van der Waals surface area contributed by atoms with E-state index in [0.717, 1.165) is 6.54 Å². The van der Waals surface area contributed by atoms with Crippen molar-refractivity contribution in [1.29, 1.82) is 0 Å². The Morgan fingerprint density at radius 1 is 1.20 bits per heavy atom. The van der Waals surface area contributed by atoms with Gasteiger partial charge in [0.1, 0.15) is 5.75 Å². The van der Waals surface area contributed by atoms with Crippen molar-refractivity contribution in [3.8, 4) is 5.75 Å². The van der Waals surface area contributed by atoms with Crippen molar-refractivity contribution in [2.45, 2.75) is 25.7 Å². The van der Waals surface area contributed by atoms with E-state index in [4.69, 9.17) is 0 Å². The highest BCUT2D eigenvalue weighted by Crippen LogP contribution is 2.27. The molecule has 1 aromatic carbocycles. The summed E-state index contributed by atoms with van der Waals surface area (Å²) in [6.45, 7) is 8.11. The standard InChI is InChI=1S/C13H19NO/c1-13(2,10-14-8-3-9-14)11-4-6-12(15)7-5-11/h4-7,15H,3,8-10H2,1-2H3. The SMILES string of the molecule is CC(C)(CN1CCC1)c1ccc(O)cc1. The fraction of sp³-hybridized carbons (Fsp3) is 0.538. The number of aromatic hydroxyl groups is 1. The minimum atomic E-state index is 0.175. The molecule has 0 spiro atoms. The normalized spacial score (nSPS) is 17.5. The molecule has 1 aromatic rings. The molecule has 1 saturated heterocycles. The zero-order valence-electron chi connectivity index (χ0n) is 9.53. The quantitative estimate of drug-likeness (QED) is 0.819. The lowest BCUT2D eigenvalue weighted by Crippen LogP contribution is -2.44. The lowest BCUT2D eigenvalue weighted by atomic mass is 9.83. The van der Waals surface area contributed by atoms with Gasteiger partial charge >= 0.3 is 0 Å². The van der Waals surface area contributed by atoms with Crippen LogP contribution in [0.5, 0.6) is 5.75 Å². The van der Waals surface area contributed by atoms with Gasteiger partial charge in [-0.25, -0.2) is 0 Å². The van der Waals surface area contributed by atoms with Crippen molar-refractivity contribution < 1.29 is 5.11 Å². The number of phenolic OH excluding ortho intramolecular Hbond substituents is 1. The van der Waals surface area contributed by atoms with Crippen LogP contribution in [0.4, 0.5) is 0 Å². The van der Waals surface area contributed by atoms with Gasteiger partial charge in [-0.1, -0.05) is 26.0 Å². The van der Waals surface area contributed by atoms with Gasteiger partial charge in [-0.15, -0.1) is 0 Å². The van der Waals surface area contributed by atoms with Crippen LogP contribution in [0.3, 0.4) is 0 Å². The molecule has 0 unspecified atom stereocenters. The van der Waals surface area contributed by atoms with Crippen molar-refractivity contribution in [3.63, 3.8) is 0 Å². The molecule has 0 aromatic heterocycles. The molecule has 1 fully saturated rings. The zero-order valence-corrected chi connectivity index (χ0v) is 9.53. The number of rotatable bonds is 3. The molecule has 0 aliphatic carbocycles. The van der Waals surface area contributed by atoms with Crippen molar-refractivity contribution in [2.75, 3.05) is 19.6 Å². The molecule has 1 heterocycles. The van der Waals surface area contributed by atoms with E-state index in [2.05, 4.69) is 18.7 Å². The molecular weight excluding hydrogens is 186 g/mol. The summed E-state index contributed by atoms with van der Waals surface area (Å²) in [6.07, 6.45) is 1.34. The number of nitrogens with zero attached hydrogens (tertiary/aromatic N) is 1. The number of likely N-dealkylation sites (tertiary alicyclic amines) is 1. The molecule has 1 aliphatic heterocycles. The highest BCUT2D eigenvalue weighted by molar-refractivity contribution is 5.31. The largest absolute Gasteiger partial charge is 0.508 e. The van der Waals surface area contributed by atoms with Crippen LogP contribution in [0.1, 0.15) is 25.8 Å². The first-order chi connectivity index (χ1) is 7.08. The van der Waals surface area contributed by atoms with Crippen LogP contribution in [0, 0.1) is 0 Å². The molecule has 2 nitrogen and oxygen atoms in total. The van der Waals surface area contributed by atoms with E-state index in [0.29, 0.717) is 5.75 Å². The number of phenols is 1. The average Bonchev–Trinajstić information content (AvgIpc) is 2.13. The Balaban J connectivity index is 2.09. The van der Waals surface area contributed by atoms with Crippen molar-refractivity contribution in [1.82, 2.24) is 4.90 Å². The third-order valence-electron chi connectivity index (χ3n) is 3.22. The summed E-state index contributed by atoms with van der Waals surface area (Å²) in [5.74, 6) is 0.346. The third kappa shape index (κ3) is 2.32. The zero-order chi connectivity index (χ0) is 10.9. The van der Waals surface area contributed by atoms with Crippen LogP contribution >= 0.6 is 0 Å². The van der Waals surface area contributed by atoms with Gasteiger partial charge in [0, 0.05) is 12.0 Å². The summed E-state index contributed by atoms with van der Waals surface area (Å²) >= 11 is 0. The molecule has 1 N–H and O–H groups in total. The molecule has 2 rings (SSSR count). The second-order valence-electron chi connectivity index (χ2n) is 5.06. The maximum absolute atomic E-state index is 9.25. The summed E-state index contributed by atoms with van der Waals surface area (Å²) in [6, 6.07) is 7.59. The molecule has 0 atom stereocenters. The fourth-order valence-corrected chi connectivity index (χ4v) is 2.10. The van der Waals surface area contributed by atoms with Crippen LogP contribution in [-0.2, 0) is 5.41 Å². The van der Waals surface area contributed by atoms with E-state index in [1.165, 1.54) is 25.1 Å². The van der Waals surface area contributed by atoms with Crippen molar-refractivity contribution >= 4 is 0 Å². The molecule has 0 bridgehead atoms. The minimum absolute atomic E-state index is 0.175. The molecule has 0 saturated carbocycles. The number of benzene rings is 1. The maximum Gasteiger partial charge on any atom is 0.115 e. The highest BCUT2D eigenvalue weighted by atomic mass is 16.3. The third-order valence-corrected chi connectivity index (χ3v) is 3.22. The first kappa shape index (κ1) is 10.5. The Labute approximate surface area is 91.5 Å². The second-order valence-corrected chi connectivity index (χ2v) is 5.06. The summed E-state index contributed by atoms with van der Waals surface area (Å²) in [5.41, 5.74) is 1.47. The first-order valence-corrected chi connectivity index (χ1v) is 5.60. The summed E-state index contributed by atoms with van der Waals surface area (Å²) < 4.78 is 0. The van der Waals surface area contributed by atoms with Crippen LogP contribution in [0.15, 0.2) is 24.3 Å². The summed E-state index contributed by atoms with van der Waals surface area (Å²) in [5, 5.41) is 9.25. The van der Waals surface area contributed by atoms with Gasteiger partial charge in [0.25, 0.3) is 0 Å². The summed E-state index contributed by atoms with van der Waals surface area (Å²) in [7, 11) is 0. The van der Waals surface area contributed by atoms with Crippen molar-refractivity contribution in [2.24, 2.45) is 0 Å². The van der Waals surface area contributed by atoms with E-state index >= 15 is 0 Å². The maximum atomic E-state index is 9.25. The molecule has 0 radical (unpaired) electrons. The summed E-state index contributed by atoms with van der Waals surface area (Å²) in [4.78, 5) is 2.48. The van der Waals surface area contributed by atoms with Crippen LogP contribution in [0.25, 0.3) is 0 Å². The fourth-order valence-electron chi connectivity index (χ4n) is 2.10. The minimum Gasteiger partial charge on any atom is -0.508 e. The van der Waals surface area contributed by atoms with Gasteiger partial charge in [-0.2, -0.15) is 0 Å². The first-order valence-electron chi connectivity index (χ1n) is 5.60. The van der Waals surface area contributed by atoms with Gasteiger partial charge < -0.3 is 10.0 Å². The van der Waals surface area contributed by atoms with E-state index in [-0.39, 0.29) is 5.41 Å². The average molecular weight is 205 g/mol. The van der Waals surface area contributed by atoms with Crippen LogP contribution in [0.2, 0.25) is 0 Å². The van der Waals surface area contributed by atoms with E-state index in [1.807, 2.05) is 12.1 Å². The van der Waals surface area contributed by atoms with Gasteiger partial charge in [0.15, 0.2) is 0 Å². The Hall–Kier alpha value is -1.02. The van der Waals surface area contributed by atoms with Crippen LogP contribution in [-0.4, -0.2) is 29.6 Å². The molecular formula is C13H19NO. The van der Waals surface area contributed by atoms with E-state index < -0.39 is 0 Å². The number of hydrogen-bond acceptors (Lipinski definition) is 2. The van der Waals surface area contributed by atoms with E-state index in [1.54, 1.807) is 12.1 Å². The van der Waals surface area contributed by atoms with Gasteiger partial charge in [-0.05, 0) is 37.2 Å². The smallest absolute Gasteiger partial charge is 0.115 e. The Bertz CT molecular complexity index is 325. The Kier molecular flexibility index (Phi) is 2.70. The lowest BCUT2D eigenvalue weighted by molar-refractivity contribution is 0.147. The molecule has 0 amide bonds. The Morgan fingerprint density at radius 2 is 1.80 bits per heavy atom. The van der Waals surface area contributed by atoms with Gasteiger partial charge in [0.05, 0.1) is 0 Å². The molecule has 2 heteroatoms. The predicted molar refractivity (Wildman–Crippen MR) is 62.2 cm³/mol. The molecule has 15 heavy (non-hydrogen) atoms.